The maximum Gasteiger partial charge on any atom is 0.416 e. The van der Waals surface area contributed by atoms with Gasteiger partial charge in [0.1, 0.15) is 0 Å². The van der Waals surface area contributed by atoms with Crippen LogP contribution in [0.5, 0.6) is 5.75 Å². The maximum absolute atomic E-state index is 12.8. The lowest BCUT2D eigenvalue weighted by Gasteiger charge is -2.17. The first-order chi connectivity index (χ1) is 10.4. The number of alkyl halides is 6. The summed E-state index contributed by atoms with van der Waals surface area (Å²) in [4.78, 5) is 11.3. The fourth-order valence-electron chi connectivity index (χ4n) is 1.98. The highest BCUT2D eigenvalue weighted by Crippen LogP contribution is 2.37. The largest absolute Gasteiger partial charge is 0.503 e. The Morgan fingerprint density at radius 2 is 1.43 bits per heavy atom. The van der Waals surface area contributed by atoms with Gasteiger partial charge in [0.25, 0.3) is 0 Å². The zero-order valence-electron chi connectivity index (χ0n) is 11.5. The van der Waals surface area contributed by atoms with Crippen LogP contribution in [-0.2, 0) is 12.4 Å². The lowest BCUT2D eigenvalue weighted by molar-refractivity contribution is -0.143. The van der Waals surface area contributed by atoms with Gasteiger partial charge in [-0.2, -0.15) is 26.3 Å². The first kappa shape index (κ1) is 16.9. The van der Waals surface area contributed by atoms with Crippen LogP contribution < -0.4 is 5.43 Å². The number of hydrogen-bond donors (Lipinski definition) is 1. The number of hydrogen-bond acceptors (Lipinski definition) is 2. The molecule has 0 aliphatic carbocycles. The van der Waals surface area contributed by atoms with Crippen molar-refractivity contribution in [1.29, 1.82) is 0 Å². The second kappa shape index (κ2) is 5.32. The van der Waals surface area contributed by atoms with E-state index in [4.69, 9.17) is 0 Å². The van der Waals surface area contributed by atoms with Gasteiger partial charge in [-0.25, -0.2) is 0 Å². The molecule has 0 fully saturated rings. The lowest BCUT2D eigenvalue weighted by Crippen LogP contribution is -2.14. The molecule has 0 bridgehead atoms. The van der Waals surface area contributed by atoms with Gasteiger partial charge in [0.2, 0.25) is 5.43 Å². The highest BCUT2D eigenvalue weighted by molar-refractivity contribution is 5.45. The second-order valence-electron chi connectivity index (χ2n) is 4.75. The zero-order chi connectivity index (χ0) is 17.6. The molecule has 0 radical (unpaired) electrons. The Morgan fingerprint density at radius 3 is 1.87 bits per heavy atom. The average Bonchev–Trinajstić information content (AvgIpc) is 2.42. The molecule has 0 unspecified atom stereocenters. The van der Waals surface area contributed by atoms with E-state index < -0.39 is 40.3 Å². The zero-order valence-corrected chi connectivity index (χ0v) is 11.5. The summed E-state index contributed by atoms with van der Waals surface area (Å²) in [7, 11) is 0. The topological polar surface area (TPSA) is 42.2 Å². The lowest BCUT2D eigenvalue weighted by atomic mass is 10.1. The summed E-state index contributed by atoms with van der Waals surface area (Å²) < 4.78 is 77.8. The van der Waals surface area contributed by atoms with E-state index in [2.05, 4.69) is 0 Å². The van der Waals surface area contributed by atoms with Crippen molar-refractivity contribution < 1.29 is 31.4 Å². The molecule has 9 heteroatoms. The predicted molar refractivity (Wildman–Crippen MR) is 68.4 cm³/mol. The normalized spacial score (nSPS) is 12.5. The second-order valence-corrected chi connectivity index (χ2v) is 4.75. The van der Waals surface area contributed by atoms with Crippen LogP contribution in [0.2, 0.25) is 0 Å². The van der Waals surface area contributed by atoms with E-state index in [0.717, 1.165) is 16.8 Å². The predicted octanol–water partition coefficient (Wildman–Crippen LogP) is 3.89. The molecule has 0 aliphatic rings. The molecule has 0 saturated carbocycles. The molecular weight excluding hydrogens is 328 g/mol. The van der Waals surface area contributed by atoms with Crippen molar-refractivity contribution in [2.24, 2.45) is 0 Å². The van der Waals surface area contributed by atoms with Crippen LogP contribution in [0.1, 0.15) is 16.8 Å². The Labute approximate surface area is 125 Å². The summed E-state index contributed by atoms with van der Waals surface area (Å²) in [5.41, 5.74) is -4.41. The molecule has 0 saturated heterocycles. The third kappa shape index (κ3) is 3.33. The third-order valence-electron chi connectivity index (χ3n) is 3.16. The molecule has 23 heavy (non-hydrogen) atoms. The first-order valence-electron chi connectivity index (χ1n) is 6.12. The number of rotatable bonds is 1. The van der Waals surface area contributed by atoms with Crippen LogP contribution >= 0.6 is 0 Å². The third-order valence-corrected chi connectivity index (χ3v) is 3.16. The van der Waals surface area contributed by atoms with Gasteiger partial charge in [-0.3, -0.25) is 4.79 Å². The van der Waals surface area contributed by atoms with Crippen molar-refractivity contribution in [2.45, 2.75) is 19.3 Å². The molecule has 1 N–H and O–H groups in total. The van der Waals surface area contributed by atoms with Gasteiger partial charge in [0.15, 0.2) is 5.75 Å². The van der Waals surface area contributed by atoms with E-state index in [-0.39, 0.29) is 11.8 Å². The molecule has 0 aliphatic heterocycles. The van der Waals surface area contributed by atoms with E-state index in [1.165, 1.54) is 6.92 Å². The van der Waals surface area contributed by atoms with Crippen molar-refractivity contribution in [1.82, 2.24) is 4.57 Å². The monoisotopic (exact) mass is 337 g/mol. The highest BCUT2D eigenvalue weighted by Gasteiger charge is 2.37. The number of halogens is 6. The van der Waals surface area contributed by atoms with Crippen LogP contribution in [0.4, 0.5) is 26.3 Å². The van der Waals surface area contributed by atoms with E-state index in [0.29, 0.717) is 12.1 Å². The summed E-state index contributed by atoms with van der Waals surface area (Å²) in [5.74, 6) is -0.751. The van der Waals surface area contributed by atoms with Gasteiger partial charge in [-0.1, -0.05) is 0 Å². The molecule has 1 aromatic heterocycles. The molecule has 2 aromatic rings. The minimum absolute atomic E-state index is 0.00121. The molecule has 1 aromatic carbocycles. The van der Waals surface area contributed by atoms with Gasteiger partial charge < -0.3 is 9.67 Å². The Kier molecular flexibility index (Phi) is 3.91. The van der Waals surface area contributed by atoms with Gasteiger partial charge in [0, 0.05) is 18.0 Å². The van der Waals surface area contributed by atoms with Crippen LogP contribution in [0, 0.1) is 6.92 Å². The number of aromatic nitrogens is 1. The smallest absolute Gasteiger partial charge is 0.416 e. The molecule has 3 nitrogen and oxygen atoms in total. The van der Waals surface area contributed by atoms with Gasteiger partial charge >= 0.3 is 12.4 Å². The molecule has 0 atom stereocenters. The van der Waals surface area contributed by atoms with Crippen LogP contribution in [0.15, 0.2) is 35.3 Å². The Morgan fingerprint density at radius 1 is 0.957 bits per heavy atom. The van der Waals surface area contributed by atoms with Crippen molar-refractivity contribution in [3.8, 4) is 11.4 Å². The summed E-state index contributed by atoms with van der Waals surface area (Å²) in [5, 5.41) is 9.53. The van der Waals surface area contributed by atoms with Gasteiger partial charge in [0.05, 0.1) is 16.8 Å². The van der Waals surface area contributed by atoms with Crippen molar-refractivity contribution in [2.75, 3.05) is 0 Å². The van der Waals surface area contributed by atoms with Crippen molar-refractivity contribution >= 4 is 0 Å². The Hall–Kier alpha value is -2.45. The van der Waals surface area contributed by atoms with Crippen molar-refractivity contribution in [3.05, 3.63) is 57.5 Å². The quantitative estimate of drug-likeness (QED) is 0.802. The van der Waals surface area contributed by atoms with Gasteiger partial charge in [-0.05, 0) is 25.1 Å². The van der Waals surface area contributed by atoms with E-state index in [1.54, 1.807) is 0 Å². The maximum atomic E-state index is 12.8. The molecule has 0 amide bonds. The minimum Gasteiger partial charge on any atom is -0.503 e. The van der Waals surface area contributed by atoms with Gasteiger partial charge in [-0.15, -0.1) is 0 Å². The molecule has 124 valence electrons. The average molecular weight is 337 g/mol. The van der Waals surface area contributed by atoms with E-state index >= 15 is 0 Å². The SMILES string of the molecule is Cc1c(O)c(=O)ccn1-c1cc(C(F)(F)F)cc(C(F)(F)F)c1. The highest BCUT2D eigenvalue weighted by atomic mass is 19.4. The van der Waals surface area contributed by atoms with Crippen molar-refractivity contribution in [3.63, 3.8) is 0 Å². The van der Waals surface area contributed by atoms with Crippen LogP contribution in [-0.4, -0.2) is 9.67 Å². The minimum atomic E-state index is -4.98. The first-order valence-corrected chi connectivity index (χ1v) is 6.12. The molecule has 2 rings (SSSR count). The number of aromatic hydroxyl groups is 1. The molecular formula is C14H9F6NO2. The molecule has 0 spiro atoms. The van der Waals surface area contributed by atoms with E-state index in [9.17, 15) is 36.2 Å². The standard InChI is InChI=1S/C14H9F6NO2/c1-7-12(23)11(22)2-3-21(7)10-5-8(13(15,16)17)4-9(6-10)14(18,19)20/h2-6,23H,1H3. The summed E-state index contributed by atoms with van der Waals surface area (Å²) >= 11 is 0. The van der Waals surface area contributed by atoms with E-state index in [1.807, 2.05) is 0 Å². The number of nitrogens with zero attached hydrogens (tertiary/aromatic N) is 1. The van der Waals surface area contributed by atoms with Crippen LogP contribution in [0.3, 0.4) is 0 Å². The number of benzene rings is 1. The fraction of sp³-hybridized carbons (Fsp3) is 0.214. The summed E-state index contributed by atoms with van der Waals surface area (Å²) in [6.45, 7) is 1.20. The summed E-state index contributed by atoms with van der Waals surface area (Å²) in [6.07, 6.45) is -8.97. The summed E-state index contributed by atoms with van der Waals surface area (Å²) in [6, 6.07) is 1.86. The Balaban J connectivity index is 2.77. The van der Waals surface area contributed by atoms with Crippen LogP contribution in [0.25, 0.3) is 5.69 Å². The number of pyridine rings is 1. The fourth-order valence-corrected chi connectivity index (χ4v) is 1.98. The molecule has 1 heterocycles. The Bertz CT molecular complexity index is 772.